The van der Waals surface area contributed by atoms with Crippen LogP contribution in [0.3, 0.4) is 0 Å². The Hall–Kier alpha value is -1.80. The molecule has 3 heteroatoms. The minimum absolute atomic E-state index is 0.00315. The Kier molecular flexibility index (Phi) is 3.03. The lowest BCUT2D eigenvalue weighted by molar-refractivity contribution is 0.103. The predicted molar refractivity (Wildman–Crippen MR) is 75.3 cm³/mol. The molecule has 1 aliphatic heterocycles. The van der Waals surface area contributed by atoms with Crippen LogP contribution in [-0.2, 0) is 6.42 Å². The van der Waals surface area contributed by atoms with E-state index in [4.69, 9.17) is 16.3 Å². The molecule has 1 aliphatic rings. The fraction of sp³-hybridized carbons (Fsp3) is 0.188. The third kappa shape index (κ3) is 2.24. The Balaban J connectivity index is 1.97. The molecule has 0 bridgehead atoms. The summed E-state index contributed by atoms with van der Waals surface area (Å²) in [4.78, 5) is 12.4. The molecule has 96 valence electrons. The number of halogens is 1. The van der Waals surface area contributed by atoms with Crippen molar-refractivity contribution in [2.24, 2.45) is 0 Å². The summed E-state index contributed by atoms with van der Waals surface area (Å²) in [6.45, 7) is 2.62. The normalized spacial score (nSPS) is 12.9. The maximum absolute atomic E-state index is 12.4. The Labute approximate surface area is 117 Å². The molecular weight excluding hydrogens is 260 g/mol. The standard InChI is InChI=1S/C16H13ClO2/c1-10-2-3-13(9-14(10)17)16(18)12-4-5-15-11(8-12)6-7-19-15/h2-5,8-9H,6-7H2,1H3. The monoisotopic (exact) mass is 272 g/mol. The summed E-state index contributed by atoms with van der Waals surface area (Å²) in [5.41, 5.74) is 3.38. The van der Waals surface area contributed by atoms with Crippen LogP contribution in [0.25, 0.3) is 0 Å². The zero-order chi connectivity index (χ0) is 13.4. The molecule has 0 saturated carbocycles. The van der Waals surface area contributed by atoms with Crippen LogP contribution < -0.4 is 4.74 Å². The number of fused-ring (bicyclic) bond motifs is 1. The Bertz CT molecular complexity index is 662. The lowest BCUT2D eigenvalue weighted by Crippen LogP contribution is -2.02. The van der Waals surface area contributed by atoms with Crippen molar-refractivity contribution in [2.75, 3.05) is 6.61 Å². The van der Waals surface area contributed by atoms with Gasteiger partial charge < -0.3 is 4.74 Å². The van der Waals surface area contributed by atoms with Crippen LogP contribution in [0.1, 0.15) is 27.0 Å². The van der Waals surface area contributed by atoms with Crippen molar-refractivity contribution in [1.29, 1.82) is 0 Å². The van der Waals surface area contributed by atoms with Crippen LogP contribution in [0.5, 0.6) is 5.75 Å². The van der Waals surface area contributed by atoms with Crippen LogP contribution in [0, 0.1) is 6.92 Å². The molecule has 0 saturated heterocycles. The van der Waals surface area contributed by atoms with Crippen molar-refractivity contribution >= 4 is 17.4 Å². The van der Waals surface area contributed by atoms with Gasteiger partial charge in [-0.1, -0.05) is 23.7 Å². The van der Waals surface area contributed by atoms with Crippen LogP contribution in [0.15, 0.2) is 36.4 Å². The van der Waals surface area contributed by atoms with Crippen molar-refractivity contribution in [3.05, 3.63) is 63.7 Å². The lowest BCUT2D eigenvalue weighted by atomic mass is 10.00. The Morgan fingerprint density at radius 3 is 2.68 bits per heavy atom. The molecule has 1 heterocycles. The molecular formula is C16H13ClO2. The average Bonchev–Trinajstić information content (AvgIpc) is 2.88. The van der Waals surface area contributed by atoms with Crippen LogP contribution >= 0.6 is 11.6 Å². The molecule has 0 N–H and O–H groups in total. The van der Waals surface area contributed by atoms with Crippen molar-refractivity contribution in [3.8, 4) is 5.75 Å². The molecule has 2 nitrogen and oxygen atoms in total. The van der Waals surface area contributed by atoms with Crippen molar-refractivity contribution in [2.45, 2.75) is 13.3 Å². The van der Waals surface area contributed by atoms with Crippen LogP contribution in [0.2, 0.25) is 5.02 Å². The molecule has 3 rings (SSSR count). The summed E-state index contributed by atoms with van der Waals surface area (Å²) in [6.07, 6.45) is 0.866. The summed E-state index contributed by atoms with van der Waals surface area (Å²) in [7, 11) is 0. The summed E-state index contributed by atoms with van der Waals surface area (Å²) in [6, 6.07) is 11.0. The van der Waals surface area contributed by atoms with Gasteiger partial charge in [0, 0.05) is 22.6 Å². The highest BCUT2D eigenvalue weighted by molar-refractivity contribution is 6.31. The fourth-order valence-corrected chi connectivity index (χ4v) is 2.41. The van der Waals surface area contributed by atoms with E-state index in [1.807, 2.05) is 31.2 Å². The van der Waals surface area contributed by atoms with Gasteiger partial charge in [0.05, 0.1) is 6.61 Å². The van der Waals surface area contributed by atoms with Gasteiger partial charge in [0.2, 0.25) is 0 Å². The molecule has 0 radical (unpaired) electrons. The van der Waals surface area contributed by atoms with Gasteiger partial charge in [-0.05, 0) is 42.3 Å². The number of rotatable bonds is 2. The zero-order valence-corrected chi connectivity index (χ0v) is 11.3. The van der Waals surface area contributed by atoms with Gasteiger partial charge in [-0.3, -0.25) is 4.79 Å². The van der Waals surface area contributed by atoms with Gasteiger partial charge >= 0.3 is 0 Å². The van der Waals surface area contributed by atoms with E-state index in [-0.39, 0.29) is 5.78 Å². The maximum atomic E-state index is 12.4. The molecule has 0 aromatic heterocycles. The highest BCUT2D eigenvalue weighted by Gasteiger charge is 2.16. The zero-order valence-electron chi connectivity index (χ0n) is 10.6. The highest BCUT2D eigenvalue weighted by Crippen LogP contribution is 2.27. The number of ether oxygens (including phenoxy) is 1. The molecule has 19 heavy (non-hydrogen) atoms. The second kappa shape index (κ2) is 4.71. The van der Waals surface area contributed by atoms with Gasteiger partial charge in [-0.15, -0.1) is 0 Å². The SMILES string of the molecule is Cc1ccc(C(=O)c2ccc3c(c2)CCO3)cc1Cl. The quantitative estimate of drug-likeness (QED) is 0.777. The number of hydrogen-bond acceptors (Lipinski definition) is 2. The molecule has 0 aliphatic carbocycles. The van der Waals surface area contributed by atoms with E-state index in [0.29, 0.717) is 22.8 Å². The number of ketones is 1. The number of carbonyl (C=O) groups excluding carboxylic acids is 1. The number of aryl methyl sites for hydroxylation is 1. The van der Waals surface area contributed by atoms with Crippen LogP contribution in [-0.4, -0.2) is 12.4 Å². The number of hydrogen-bond donors (Lipinski definition) is 0. The first-order chi connectivity index (χ1) is 9.15. The van der Waals surface area contributed by atoms with Crippen molar-refractivity contribution in [3.63, 3.8) is 0 Å². The van der Waals surface area contributed by atoms with E-state index in [9.17, 15) is 4.79 Å². The smallest absolute Gasteiger partial charge is 0.193 e. The number of benzene rings is 2. The van der Waals surface area contributed by atoms with Gasteiger partial charge in [-0.25, -0.2) is 0 Å². The first-order valence-electron chi connectivity index (χ1n) is 6.22. The Morgan fingerprint density at radius 1 is 1.16 bits per heavy atom. The second-order valence-corrected chi connectivity index (χ2v) is 5.12. The minimum atomic E-state index is -0.00315. The minimum Gasteiger partial charge on any atom is -0.493 e. The predicted octanol–water partition coefficient (Wildman–Crippen LogP) is 3.81. The van der Waals surface area contributed by atoms with E-state index < -0.39 is 0 Å². The van der Waals surface area contributed by atoms with Gasteiger partial charge in [0.15, 0.2) is 5.78 Å². The largest absolute Gasteiger partial charge is 0.493 e. The second-order valence-electron chi connectivity index (χ2n) is 4.71. The molecule has 0 spiro atoms. The molecule has 2 aromatic rings. The van der Waals surface area contributed by atoms with Gasteiger partial charge in [0.25, 0.3) is 0 Å². The first-order valence-corrected chi connectivity index (χ1v) is 6.59. The average molecular weight is 273 g/mol. The summed E-state index contributed by atoms with van der Waals surface area (Å²) in [5.74, 6) is 0.884. The molecule has 0 unspecified atom stereocenters. The fourth-order valence-electron chi connectivity index (χ4n) is 2.23. The third-order valence-corrected chi connectivity index (χ3v) is 3.79. The summed E-state index contributed by atoms with van der Waals surface area (Å²) in [5, 5.41) is 0.621. The third-order valence-electron chi connectivity index (χ3n) is 3.39. The van der Waals surface area contributed by atoms with Crippen molar-refractivity contribution in [1.82, 2.24) is 0 Å². The molecule has 2 aromatic carbocycles. The molecule has 0 atom stereocenters. The van der Waals surface area contributed by atoms with Gasteiger partial charge in [0.1, 0.15) is 5.75 Å². The number of carbonyl (C=O) groups is 1. The van der Waals surface area contributed by atoms with Gasteiger partial charge in [-0.2, -0.15) is 0 Å². The topological polar surface area (TPSA) is 26.3 Å². The summed E-state index contributed by atoms with van der Waals surface area (Å²) >= 11 is 6.07. The Morgan fingerprint density at radius 2 is 1.89 bits per heavy atom. The van der Waals surface area contributed by atoms with E-state index in [1.54, 1.807) is 12.1 Å². The highest BCUT2D eigenvalue weighted by atomic mass is 35.5. The van der Waals surface area contributed by atoms with E-state index >= 15 is 0 Å². The maximum Gasteiger partial charge on any atom is 0.193 e. The summed E-state index contributed by atoms with van der Waals surface area (Å²) < 4.78 is 5.44. The van der Waals surface area contributed by atoms with E-state index in [0.717, 1.165) is 23.3 Å². The first kappa shape index (κ1) is 12.2. The van der Waals surface area contributed by atoms with Crippen molar-refractivity contribution < 1.29 is 9.53 Å². The van der Waals surface area contributed by atoms with E-state index in [2.05, 4.69) is 0 Å². The van der Waals surface area contributed by atoms with E-state index in [1.165, 1.54) is 0 Å². The lowest BCUT2D eigenvalue weighted by Gasteiger charge is -2.05. The molecule has 0 fully saturated rings. The van der Waals surface area contributed by atoms with Crippen LogP contribution in [0.4, 0.5) is 0 Å². The molecule has 0 amide bonds.